The van der Waals surface area contributed by atoms with E-state index in [4.69, 9.17) is 18.9 Å². The van der Waals surface area contributed by atoms with Crippen LogP contribution >= 0.6 is 0 Å². The predicted octanol–water partition coefficient (Wildman–Crippen LogP) is 2.43. The van der Waals surface area contributed by atoms with Crippen LogP contribution in [0.4, 0.5) is 0 Å². The molecule has 4 aliphatic carbocycles. The zero-order chi connectivity index (χ0) is 27.8. The Hall–Kier alpha value is -1.36. The first-order chi connectivity index (χ1) is 18.5. The number of cyclic esters (lactones) is 1. The lowest BCUT2D eigenvalue weighted by Gasteiger charge is -2.65. The molecular formula is C30H44O9. The highest BCUT2D eigenvalue weighted by Gasteiger charge is 2.71. The van der Waals surface area contributed by atoms with Crippen molar-refractivity contribution in [2.24, 2.45) is 28.6 Å². The number of esters is 1. The number of aliphatic hydroxyl groups is 3. The molecule has 218 valence electrons. The third-order valence-corrected chi connectivity index (χ3v) is 12.1. The van der Waals surface area contributed by atoms with E-state index in [9.17, 15) is 24.9 Å². The van der Waals surface area contributed by atoms with Gasteiger partial charge in [0, 0.05) is 31.4 Å². The molecule has 6 rings (SSSR count). The van der Waals surface area contributed by atoms with E-state index in [1.807, 2.05) is 0 Å². The summed E-state index contributed by atoms with van der Waals surface area (Å²) in [4.78, 5) is 24.8. The van der Waals surface area contributed by atoms with E-state index in [0.29, 0.717) is 51.6 Å². The lowest BCUT2D eigenvalue weighted by molar-refractivity contribution is -0.287. The molecule has 2 aliphatic heterocycles. The Bertz CT molecular complexity index is 1030. The molecule has 0 aromatic heterocycles. The van der Waals surface area contributed by atoms with E-state index in [2.05, 4.69) is 6.92 Å². The Morgan fingerprint density at radius 2 is 1.85 bits per heavy atom. The number of hydrogen-bond acceptors (Lipinski definition) is 9. The van der Waals surface area contributed by atoms with Gasteiger partial charge in [0.15, 0.2) is 6.29 Å². The van der Waals surface area contributed by atoms with E-state index in [0.717, 1.165) is 31.1 Å². The molecule has 0 aromatic rings. The van der Waals surface area contributed by atoms with E-state index in [1.165, 1.54) is 0 Å². The summed E-state index contributed by atoms with van der Waals surface area (Å²) in [6, 6.07) is 0. The van der Waals surface area contributed by atoms with Crippen LogP contribution in [0.3, 0.4) is 0 Å². The lowest BCUT2D eigenvalue weighted by Crippen LogP contribution is -2.69. The zero-order valence-electron chi connectivity index (χ0n) is 23.3. The topological polar surface area (TPSA) is 132 Å². The van der Waals surface area contributed by atoms with Gasteiger partial charge >= 0.3 is 5.97 Å². The van der Waals surface area contributed by atoms with Crippen molar-refractivity contribution in [2.45, 2.75) is 120 Å². The molecule has 5 fully saturated rings. The van der Waals surface area contributed by atoms with E-state index in [1.54, 1.807) is 20.1 Å². The zero-order valence-corrected chi connectivity index (χ0v) is 23.3. The summed E-state index contributed by atoms with van der Waals surface area (Å²) in [5, 5.41) is 34.8. The number of ether oxygens (including phenoxy) is 4. The van der Waals surface area contributed by atoms with Crippen molar-refractivity contribution >= 4 is 12.3 Å². The monoisotopic (exact) mass is 548 g/mol. The Balaban J connectivity index is 1.21. The molecule has 2 heterocycles. The fraction of sp³-hybridized carbons (Fsp3) is 0.867. The summed E-state index contributed by atoms with van der Waals surface area (Å²) in [7, 11) is 1.57. The SMILES string of the molecule is CO[C@@H]1C[C@H](O[C@H]2CC[C@]3(C=O)[C@H]4CC[C@]5(C)[C@@H](C6=CC(=O)OC6)CC[C@@]5(O)[C@@H]4CC[C@]3(O)C2)O[C@H](C)[C@@H]1O. The van der Waals surface area contributed by atoms with Crippen molar-refractivity contribution in [1.29, 1.82) is 0 Å². The maximum absolute atomic E-state index is 13.0. The number of hydrogen-bond donors (Lipinski definition) is 3. The first kappa shape index (κ1) is 27.8. The van der Waals surface area contributed by atoms with Gasteiger partial charge in [-0.3, -0.25) is 0 Å². The quantitative estimate of drug-likeness (QED) is 0.269. The molecule has 0 amide bonds. The Morgan fingerprint density at radius 1 is 1.08 bits per heavy atom. The summed E-state index contributed by atoms with van der Waals surface area (Å²) >= 11 is 0. The number of fused-ring (bicyclic) bond motifs is 5. The molecule has 1 saturated heterocycles. The fourth-order valence-corrected chi connectivity index (χ4v) is 9.98. The van der Waals surface area contributed by atoms with Gasteiger partial charge in [-0.15, -0.1) is 0 Å². The summed E-state index contributed by atoms with van der Waals surface area (Å²) < 4.78 is 22.9. The van der Waals surface area contributed by atoms with Crippen molar-refractivity contribution in [1.82, 2.24) is 0 Å². The molecule has 9 nitrogen and oxygen atoms in total. The molecule has 4 saturated carbocycles. The highest BCUT2D eigenvalue weighted by molar-refractivity contribution is 5.85. The second-order valence-electron chi connectivity index (χ2n) is 13.5. The Morgan fingerprint density at radius 3 is 2.54 bits per heavy atom. The second-order valence-corrected chi connectivity index (χ2v) is 13.5. The normalized spacial score (nSPS) is 53.3. The van der Waals surface area contributed by atoms with Crippen LogP contribution in [0.15, 0.2) is 11.6 Å². The van der Waals surface area contributed by atoms with Gasteiger partial charge < -0.3 is 39.1 Å². The third-order valence-electron chi connectivity index (χ3n) is 12.1. The largest absolute Gasteiger partial charge is 0.458 e. The highest BCUT2D eigenvalue weighted by Crippen LogP contribution is 2.70. The van der Waals surface area contributed by atoms with Gasteiger partial charge in [0.05, 0.1) is 34.9 Å². The third kappa shape index (κ3) is 3.94. The molecule has 0 unspecified atom stereocenters. The number of methoxy groups -OCH3 is 1. The smallest absolute Gasteiger partial charge is 0.331 e. The maximum Gasteiger partial charge on any atom is 0.331 e. The molecule has 12 atom stereocenters. The molecular weight excluding hydrogens is 504 g/mol. The van der Waals surface area contributed by atoms with Gasteiger partial charge in [0.1, 0.15) is 19.0 Å². The molecule has 0 spiro atoms. The van der Waals surface area contributed by atoms with Crippen molar-refractivity contribution in [3.05, 3.63) is 11.6 Å². The molecule has 0 aromatic carbocycles. The minimum absolute atomic E-state index is 0.0827. The fourth-order valence-electron chi connectivity index (χ4n) is 9.98. The number of carbonyl (C=O) groups is 2. The van der Waals surface area contributed by atoms with E-state index < -0.39 is 40.5 Å². The van der Waals surface area contributed by atoms with Crippen molar-refractivity contribution < 1.29 is 43.9 Å². The number of rotatable bonds is 5. The van der Waals surface area contributed by atoms with Crippen LogP contribution in [0.1, 0.15) is 78.1 Å². The molecule has 3 N–H and O–H groups in total. The number of aldehydes is 1. The van der Waals surface area contributed by atoms with Crippen LogP contribution in [-0.2, 0) is 28.5 Å². The van der Waals surface area contributed by atoms with Gasteiger partial charge in [-0.25, -0.2) is 4.79 Å². The highest BCUT2D eigenvalue weighted by atomic mass is 16.7. The number of carbonyl (C=O) groups excluding carboxylic acids is 2. The van der Waals surface area contributed by atoms with E-state index in [-0.39, 0.29) is 35.9 Å². The lowest BCUT2D eigenvalue weighted by atomic mass is 9.41. The summed E-state index contributed by atoms with van der Waals surface area (Å²) in [6.45, 7) is 4.25. The second kappa shape index (κ2) is 9.60. The average Bonchev–Trinajstić information content (AvgIpc) is 3.45. The van der Waals surface area contributed by atoms with Crippen molar-refractivity contribution in [2.75, 3.05) is 13.7 Å². The van der Waals surface area contributed by atoms with E-state index >= 15 is 0 Å². The minimum Gasteiger partial charge on any atom is -0.458 e. The molecule has 9 heteroatoms. The first-order valence-corrected chi connectivity index (χ1v) is 14.8. The first-order valence-electron chi connectivity index (χ1n) is 14.8. The van der Waals surface area contributed by atoms with Crippen LogP contribution in [-0.4, -0.2) is 83.2 Å². The van der Waals surface area contributed by atoms with Crippen molar-refractivity contribution in [3.8, 4) is 0 Å². The maximum atomic E-state index is 13.0. The van der Waals surface area contributed by atoms with Crippen LogP contribution in [0.25, 0.3) is 0 Å². The van der Waals surface area contributed by atoms with Crippen LogP contribution in [0.5, 0.6) is 0 Å². The molecule has 0 bridgehead atoms. The Labute approximate surface area is 230 Å². The van der Waals surface area contributed by atoms with Gasteiger partial charge in [-0.2, -0.15) is 0 Å². The average molecular weight is 549 g/mol. The van der Waals surface area contributed by atoms with Gasteiger partial charge in [-0.1, -0.05) is 6.92 Å². The summed E-state index contributed by atoms with van der Waals surface area (Å²) in [5.74, 6) is -0.420. The van der Waals surface area contributed by atoms with Gasteiger partial charge in [0.2, 0.25) is 0 Å². The van der Waals surface area contributed by atoms with Gasteiger partial charge in [0.25, 0.3) is 0 Å². The van der Waals surface area contributed by atoms with Crippen LogP contribution < -0.4 is 0 Å². The van der Waals surface area contributed by atoms with Crippen LogP contribution in [0, 0.1) is 28.6 Å². The van der Waals surface area contributed by atoms with Crippen molar-refractivity contribution in [3.63, 3.8) is 0 Å². The Kier molecular flexibility index (Phi) is 6.84. The summed E-state index contributed by atoms with van der Waals surface area (Å²) in [5.41, 5.74) is -2.52. The summed E-state index contributed by atoms with van der Waals surface area (Å²) in [6.07, 6.45) is 6.10. The molecule has 0 radical (unpaired) electrons. The standard InChI is InChI=1S/C30H44O9/c1-17-26(33)23(36-3)13-25(38-17)39-19-4-9-28(16-31)21-5-8-27(2)20(18-12-24(32)37-15-18)7-11-30(27,35)22(21)6-10-29(28,34)14-19/h12,16-17,19-23,25-26,33-35H,4-11,13-15H2,1-3H3/t17-,19+,20-,21+,22-,23-,25+,26+,27-,28+,29+,30-/m1/s1. The number of aliphatic hydroxyl groups excluding tert-OH is 1. The molecule has 6 aliphatic rings. The minimum atomic E-state index is -1.21. The van der Waals surface area contributed by atoms with Gasteiger partial charge in [-0.05, 0) is 81.6 Å². The molecule has 39 heavy (non-hydrogen) atoms. The van der Waals surface area contributed by atoms with Crippen LogP contribution in [0.2, 0.25) is 0 Å². The predicted molar refractivity (Wildman–Crippen MR) is 138 cm³/mol.